The second kappa shape index (κ2) is 5.96. The molecule has 108 valence electrons. The highest BCUT2D eigenvalue weighted by molar-refractivity contribution is 5.75. The molecular formula is C17H25N3. The summed E-state index contributed by atoms with van der Waals surface area (Å²) in [6.45, 7) is 6.84. The first-order valence-corrected chi connectivity index (χ1v) is 7.98. The van der Waals surface area contributed by atoms with Crippen molar-refractivity contribution in [2.45, 2.75) is 52.0 Å². The summed E-state index contributed by atoms with van der Waals surface area (Å²) in [5.41, 5.74) is 3.56. The van der Waals surface area contributed by atoms with E-state index in [1.807, 2.05) is 0 Å². The molecule has 1 unspecified atom stereocenters. The molecular weight excluding hydrogens is 246 g/mol. The molecule has 0 aliphatic carbocycles. The van der Waals surface area contributed by atoms with Gasteiger partial charge in [-0.1, -0.05) is 25.8 Å². The molecule has 3 heteroatoms. The number of aromatic amines is 1. The van der Waals surface area contributed by atoms with Crippen LogP contribution in [0.15, 0.2) is 18.2 Å². The average Bonchev–Trinajstić information content (AvgIpc) is 2.67. The number of H-pyrrole nitrogens is 1. The lowest BCUT2D eigenvalue weighted by Crippen LogP contribution is -2.30. The van der Waals surface area contributed by atoms with Crippen molar-refractivity contribution in [1.29, 1.82) is 0 Å². The maximum Gasteiger partial charge on any atom is 0.124 e. The largest absolute Gasteiger partial charge is 0.341 e. The van der Waals surface area contributed by atoms with Crippen LogP contribution in [0.1, 0.15) is 56.5 Å². The standard InChI is InChI=1S/C17H25N3/c1-3-16(20-10-6-4-5-7-11-20)17-18-14-9-8-13(2)12-15(14)19-17/h8-9,12,16H,3-7,10-11H2,1-2H3,(H,18,19). The van der Waals surface area contributed by atoms with E-state index in [4.69, 9.17) is 4.98 Å². The van der Waals surface area contributed by atoms with Gasteiger partial charge in [-0.3, -0.25) is 4.90 Å². The van der Waals surface area contributed by atoms with Crippen molar-refractivity contribution < 1.29 is 0 Å². The Balaban J connectivity index is 1.89. The number of nitrogens with zero attached hydrogens (tertiary/aromatic N) is 2. The Morgan fingerprint density at radius 2 is 1.95 bits per heavy atom. The lowest BCUT2D eigenvalue weighted by molar-refractivity contribution is 0.193. The van der Waals surface area contributed by atoms with Gasteiger partial charge in [0.2, 0.25) is 0 Å². The van der Waals surface area contributed by atoms with Crippen LogP contribution < -0.4 is 0 Å². The van der Waals surface area contributed by atoms with E-state index in [2.05, 4.69) is 41.9 Å². The van der Waals surface area contributed by atoms with Gasteiger partial charge in [-0.2, -0.15) is 0 Å². The zero-order valence-corrected chi connectivity index (χ0v) is 12.7. The molecule has 1 atom stereocenters. The number of fused-ring (bicyclic) bond motifs is 1. The van der Waals surface area contributed by atoms with Gasteiger partial charge in [-0.15, -0.1) is 0 Å². The van der Waals surface area contributed by atoms with Crippen molar-refractivity contribution >= 4 is 11.0 Å². The molecule has 1 aliphatic heterocycles. The molecule has 1 fully saturated rings. The first kappa shape index (κ1) is 13.6. The Labute approximate surface area is 121 Å². The quantitative estimate of drug-likeness (QED) is 0.907. The highest BCUT2D eigenvalue weighted by atomic mass is 15.2. The molecule has 0 bridgehead atoms. The first-order chi connectivity index (χ1) is 9.78. The van der Waals surface area contributed by atoms with Crippen molar-refractivity contribution in [3.63, 3.8) is 0 Å². The molecule has 0 saturated carbocycles. The smallest absolute Gasteiger partial charge is 0.124 e. The monoisotopic (exact) mass is 271 g/mol. The molecule has 2 aromatic rings. The number of rotatable bonds is 3. The Hall–Kier alpha value is -1.35. The zero-order valence-electron chi connectivity index (χ0n) is 12.7. The molecule has 0 amide bonds. The fraction of sp³-hybridized carbons (Fsp3) is 0.588. The molecule has 1 aromatic carbocycles. The minimum absolute atomic E-state index is 0.445. The predicted molar refractivity (Wildman–Crippen MR) is 83.9 cm³/mol. The molecule has 3 rings (SSSR count). The first-order valence-electron chi connectivity index (χ1n) is 7.98. The van der Waals surface area contributed by atoms with Crippen molar-refractivity contribution in [1.82, 2.24) is 14.9 Å². The van der Waals surface area contributed by atoms with Crippen LogP contribution in [0.2, 0.25) is 0 Å². The second-order valence-electron chi connectivity index (χ2n) is 6.02. The number of benzene rings is 1. The van der Waals surface area contributed by atoms with E-state index in [0.717, 1.165) is 17.8 Å². The third-order valence-electron chi connectivity index (χ3n) is 4.44. The van der Waals surface area contributed by atoms with Gasteiger partial charge in [-0.05, 0) is 57.0 Å². The van der Waals surface area contributed by atoms with E-state index in [1.165, 1.54) is 49.9 Å². The van der Waals surface area contributed by atoms with Gasteiger partial charge in [0, 0.05) is 0 Å². The van der Waals surface area contributed by atoms with Gasteiger partial charge < -0.3 is 4.98 Å². The van der Waals surface area contributed by atoms with E-state index >= 15 is 0 Å². The van der Waals surface area contributed by atoms with Crippen LogP contribution in [-0.2, 0) is 0 Å². The molecule has 20 heavy (non-hydrogen) atoms. The van der Waals surface area contributed by atoms with Crippen molar-refractivity contribution in [3.05, 3.63) is 29.6 Å². The number of hydrogen-bond donors (Lipinski definition) is 1. The van der Waals surface area contributed by atoms with Gasteiger partial charge in [0.05, 0.1) is 17.1 Å². The maximum atomic E-state index is 4.83. The molecule has 0 spiro atoms. The summed E-state index contributed by atoms with van der Waals surface area (Å²) in [6.07, 6.45) is 6.54. The summed E-state index contributed by atoms with van der Waals surface area (Å²) in [7, 11) is 0. The van der Waals surface area contributed by atoms with Crippen molar-refractivity contribution in [2.75, 3.05) is 13.1 Å². The average molecular weight is 271 g/mol. The number of aryl methyl sites for hydroxylation is 1. The summed E-state index contributed by atoms with van der Waals surface area (Å²) in [6, 6.07) is 6.90. The molecule has 3 nitrogen and oxygen atoms in total. The molecule has 1 N–H and O–H groups in total. The van der Waals surface area contributed by atoms with Gasteiger partial charge >= 0.3 is 0 Å². The summed E-state index contributed by atoms with van der Waals surface area (Å²) in [4.78, 5) is 11.0. The predicted octanol–water partition coefficient (Wildman–Crippen LogP) is 4.20. The minimum Gasteiger partial charge on any atom is -0.341 e. The van der Waals surface area contributed by atoms with Crippen LogP contribution in [0.5, 0.6) is 0 Å². The molecule has 1 saturated heterocycles. The Morgan fingerprint density at radius 1 is 1.20 bits per heavy atom. The molecule has 0 radical (unpaired) electrons. The van der Waals surface area contributed by atoms with Crippen LogP contribution in [-0.4, -0.2) is 28.0 Å². The Kier molecular flexibility index (Phi) is 4.06. The zero-order chi connectivity index (χ0) is 13.9. The van der Waals surface area contributed by atoms with E-state index in [9.17, 15) is 0 Å². The van der Waals surface area contributed by atoms with Crippen molar-refractivity contribution in [3.8, 4) is 0 Å². The minimum atomic E-state index is 0.445. The van der Waals surface area contributed by atoms with Gasteiger partial charge in [0.1, 0.15) is 5.82 Å². The topological polar surface area (TPSA) is 31.9 Å². The van der Waals surface area contributed by atoms with Gasteiger partial charge in [-0.25, -0.2) is 4.98 Å². The lowest BCUT2D eigenvalue weighted by atomic mass is 10.1. The van der Waals surface area contributed by atoms with Gasteiger partial charge in [0.15, 0.2) is 0 Å². The highest BCUT2D eigenvalue weighted by Gasteiger charge is 2.22. The summed E-state index contributed by atoms with van der Waals surface area (Å²) in [5, 5.41) is 0. The van der Waals surface area contributed by atoms with Crippen LogP contribution in [0, 0.1) is 6.92 Å². The molecule has 1 aliphatic rings. The van der Waals surface area contributed by atoms with Crippen LogP contribution in [0.4, 0.5) is 0 Å². The number of hydrogen-bond acceptors (Lipinski definition) is 2. The number of nitrogens with one attached hydrogen (secondary N) is 1. The normalized spacial score (nSPS) is 19.1. The van der Waals surface area contributed by atoms with E-state index < -0.39 is 0 Å². The Bertz CT molecular complexity index is 565. The van der Waals surface area contributed by atoms with Crippen LogP contribution >= 0.6 is 0 Å². The second-order valence-corrected chi connectivity index (χ2v) is 6.02. The number of aromatic nitrogens is 2. The molecule has 2 heterocycles. The summed E-state index contributed by atoms with van der Waals surface area (Å²) in [5.74, 6) is 1.15. The van der Waals surface area contributed by atoms with E-state index in [-0.39, 0.29) is 0 Å². The highest BCUT2D eigenvalue weighted by Crippen LogP contribution is 2.27. The van der Waals surface area contributed by atoms with Crippen LogP contribution in [0.25, 0.3) is 11.0 Å². The fourth-order valence-electron chi connectivity index (χ4n) is 3.33. The SMILES string of the molecule is CCC(c1nc2ccc(C)cc2[nH]1)N1CCCCCC1. The maximum absolute atomic E-state index is 4.83. The lowest BCUT2D eigenvalue weighted by Gasteiger charge is -2.28. The third-order valence-corrected chi connectivity index (χ3v) is 4.44. The summed E-state index contributed by atoms with van der Waals surface area (Å²) >= 11 is 0. The molecule has 1 aromatic heterocycles. The third kappa shape index (κ3) is 2.73. The van der Waals surface area contributed by atoms with E-state index in [1.54, 1.807) is 0 Å². The number of likely N-dealkylation sites (tertiary alicyclic amines) is 1. The Morgan fingerprint density at radius 3 is 2.65 bits per heavy atom. The number of imidazole rings is 1. The van der Waals surface area contributed by atoms with Gasteiger partial charge in [0.25, 0.3) is 0 Å². The fourth-order valence-corrected chi connectivity index (χ4v) is 3.33. The summed E-state index contributed by atoms with van der Waals surface area (Å²) < 4.78 is 0. The van der Waals surface area contributed by atoms with Crippen molar-refractivity contribution in [2.24, 2.45) is 0 Å². The van der Waals surface area contributed by atoms with Crippen LogP contribution in [0.3, 0.4) is 0 Å². The van der Waals surface area contributed by atoms with E-state index in [0.29, 0.717) is 6.04 Å².